The third-order valence-electron chi connectivity index (χ3n) is 2.89. The molecule has 8 nitrogen and oxygen atoms in total. The number of aromatic amines is 1. The largest absolute Gasteiger partial charge is 0.329 e. The van der Waals surface area contributed by atoms with Crippen LogP contribution in [0, 0.1) is 0 Å². The van der Waals surface area contributed by atoms with E-state index in [0.717, 1.165) is 10.8 Å². The minimum atomic E-state index is -0.633. The van der Waals surface area contributed by atoms with Gasteiger partial charge in [-0.3, -0.25) is 9.59 Å². The third-order valence-corrected chi connectivity index (χ3v) is 2.89. The highest BCUT2D eigenvalue weighted by atomic mass is 16.2. The standard InChI is InChI=1S/C11H13N5O3/c1-6(9-14-13-5-15(9)3)16-10(18)8(7(2)17)4-12-11(16)19/h4-6H,1-3H3,(H,12,19). The van der Waals surface area contributed by atoms with Crippen LogP contribution in [0.2, 0.25) is 0 Å². The fourth-order valence-corrected chi connectivity index (χ4v) is 1.88. The molecular formula is C11H13N5O3. The Bertz CT molecular complexity index is 739. The summed E-state index contributed by atoms with van der Waals surface area (Å²) in [6, 6.07) is -0.622. The second kappa shape index (κ2) is 4.63. The number of hydrogen-bond donors (Lipinski definition) is 1. The lowest BCUT2D eigenvalue weighted by Gasteiger charge is -2.13. The molecule has 0 aliphatic heterocycles. The predicted molar refractivity (Wildman–Crippen MR) is 66.1 cm³/mol. The van der Waals surface area contributed by atoms with E-state index in [2.05, 4.69) is 15.2 Å². The van der Waals surface area contributed by atoms with Crippen molar-refractivity contribution in [2.75, 3.05) is 0 Å². The van der Waals surface area contributed by atoms with Crippen LogP contribution in [0.1, 0.15) is 36.1 Å². The molecule has 2 rings (SSSR count). The summed E-state index contributed by atoms with van der Waals surface area (Å²) in [5.41, 5.74) is -1.29. The van der Waals surface area contributed by atoms with Gasteiger partial charge in [-0.25, -0.2) is 9.36 Å². The van der Waals surface area contributed by atoms with Gasteiger partial charge in [-0.2, -0.15) is 0 Å². The molecule has 1 atom stereocenters. The first-order valence-electron chi connectivity index (χ1n) is 5.62. The molecule has 1 N–H and O–H groups in total. The molecule has 19 heavy (non-hydrogen) atoms. The van der Waals surface area contributed by atoms with Crippen molar-refractivity contribution in [3.05, 3.63) is 44.8 Å². The van der Waals surface area contributed by atoms with Gasteiger partial charge < -0.3 is 9.55 Å². The molecule has 2 aromatic heterocycles. The molecule has 0 aliphatic carbocycles. The maximum Gasteiger partial charge on any atom is 0.329 e. The molecule has 0 radical (unpaired) electrons. The first-order valence-corrected chi connectivity index (χ1v) is 5.62. The quantitative estimate of drug-likeness (QED) is 0.750. The van der Waals surface area contributed by atoms with Crippen LogP contribution in [0.25, 0.3) is 0 Å². The van der Waals surface area contributed by atoms with Crippen LogP contribution >= 0.6 is 0 Å². The minimum absolute atomic E-state index is 0.0615. The zero-order chi connectivity index (χ0) is 14.2. The number of Topliss-reactive ketones (excluding diaryl/α,β-unsaturated/α-hetero) is 1. The fourth-order valence-electron chi connectivity index (χ4n) is 1.88. The second-order valence-corrected chi connectivity index (χ2v) is 4.21. The van der Waals surface area contributed by atoms with Gasteiger partial charge in [-0.15, -0.1) is 10.2 Å². The molecule has 0 saturated heterocycles. The van der Waals surface area contributed by atoms with E-state index in [1.165, 1.54) is 13.3 Å². The van der Waals surface area contributed by atoms with Crippen molar-refractivity contribution < 1.29 is 4.79 Å². The van der Waals surface area contributed by atoms with Gasteiger partial charge in [0.15, 0.2) is 11.6 Å². The van der Waals surface area contributed by atoms with Crippen LogP contribution in [0.4, 0.5) is 0 Å². The molecule has 0 fully saturated rings. The van der Waals surface area contributed by atoms with Gasteiger partial charge in [-0.1, -0.05) is 0 Å². The van der Waals surface area contributed by atoms with Crippen molar-refractivity contribution in [2.24, 2.45) is 7.05 Å². The molecule has 0 saturated carbocycles. The molecular weight excluding hydrogens is 250 g/mol. The Labute approximate surface area is 107 Å². The van der Waals surface area contributed by atoms with E-state index in [4.69, 9.17) is 0 Å². The number of nitrogens with zero attached hydrogens (tertiary/aromatic N) is 4. The smallest absolute Gasteiger partial charge is 0.319 e. The third kappa shape index (κ3) is 2.12. The van der Waals surface area contributed by atoms with Crippen molar-refractivity contribution in [1.29, 1.82) is 0 Å². The Morgan fingerprint density at radius 3 is 2.63 bits per heavy atom. The van der Waals surface area contributed by atoms with E-state index in [0.29, 0.717) is 5.82 Å². The molecule has 8 heteroatoms. The number of nitrogens with one attached hydrogen (secondary N) is 1. The van der Waals surface area contributed by atoms with Gasteiger partial charge in [0.1, 0.15) is 6.33 Å². The summed E-state index contributed by atoms with van der Waals surface area (Å²) in [4.78, 5) is 37.7. The lowest BCUT2D eigenvalue weighted by Crippen LogP contribution is -2.40. The number of H-pyrrole nitrogens is 1. The van der Waals surface area contributed by atoms with Crippen LogP contribution in [-0.4, -0.2) is 30.1 Å². The number of rotatable bonds is 3. The molecule has 0 spiro atoms. The lowest BCUT2D eigenvalue weighted by atomic mass is 10.2. The Morgan fingerprint density at radius 2 is 2.11 bits per heavy atom. The van der Waals surface area contributed by atoms with E-state index in [9.17, 15) is 14.4 Å². The summed E-state index contributed by atoms with van der Waals surface area (Å²) in [6.45, 7) is 2.91. The zero-order valence-corrected chi connectivity index (χ0v) is 10.7. The lowest BCUT2D eigenvalue weighted by molar-refractivity contribution is 0.101. The summed E-state index contributed by atoms with van der Waals surface area (Å²) in [5.74, 6) is 0.0495. The van der Waals surface area contributed by atoms with E-state index in [-0.39, 0.29) is 5.56 Å². The van der Waals surface area contributed by atoms with Crippen molar-refractivity contribution in [3.63, 3.8) is 0 Å². The van der Waals surface area contributed by atoms with Crippen molar-refractivity contribution in [1.82, 2.24) is 24.3 Å². The first kappa shape index (κ1) is 12.9. The maximum absolute atomic E-state index is 12.1. The summed E-state index contributed by atoms with van der Waals surface area (Å²) in [6.07, 6.45) is 2.60. The summed E-state index contributed by atoms with van der Waals surface area (Å²) in [5, 5.41) is 7.57. The summed E-state index contributed by atoms with van der Waals surface area (Å²) in [7, 11) is 1.71. The molecule has 2 aromatic rings. The Balaban J connectivity index is 2.66. The number of carbonyl (C=O) groups is 1. The van der Waals surface area contributed by atoms with Crippen LogP contribution in [0.5, 0.6) is 0 Å². The van der Waals surface area contributed by atoms with E-state index >= 15 is 0 Å². The maximum atomic E-state index is 12.1. The number of ketones is 1. The van der Waals surface area contributed by atoms with Crippen LogP contribution < -0.4 is 11.2 Å². The summed E-state index contributed by atoms with van der Waals surface area (Å²) < 4.78 is 2.57. The highest BCUT2D eigenvalue weighted by Crippen LogP contribution is 2.09. The van der Waals surface area contributed by atoms with Crippen LogP contribution in [-0.2, 0) is 7.05 Å². The van der Waals surface area contributed by atoms with Crippen molar-refractivity contribution in [2.45, 2.75) is 19.9 Å². The minimum Gasteiger partial charge on any atom is -0.319 e. The number of aromatic nitrogens is 5. The van der Waals surface area contributed by atoms with Crippen LogP contribution in [0.15, 0.2) is 22.1 Å². The van der Waals surface area contributed by atoms with Crippen molar-refractivity contribution >= 4 is 5.78 Å². The highest BCUT2D eigenvalue weighted by molar-refractivity contribution is 5.93. The number of carbonyl (C=O) groups excluding carboxylic acids is 1. The molecule has 2 heterocycles. The first-order chi connectivity index (χ1) is 8.93. The van der Waals surface area contributed by atoms with Crippen molar-refractivity contribution in [3.8, 4) is 0 Å². The number of hydrogen-bond acceptors (Lipinski definition) is 5. The molecule has 100 valence electrons. The fraction of sp³-hybridized carbons (Fsp3) is 0.364. The van der Waals surface area contributed by atoms with Gasteiger partial charge in [0.25, 0.3) is 5.56 Å². The van der Waals surface area contributed by atoms with Gasteiger partial charge in [0.2, 0.25) is 0 Å². The Kier molecular flexibility index (Phi) is 3.16. The number of aryl methyl sites for hydroxylation is 1. The Morgan fingerprint density at radius 1 is 1.42 bits per heavy atom. The predicted octanol–water partition coefficient (Wildman–Crippen LogP) is -0.523. The van der Waals surface area contributed by atoms with Gasteiger partial charge in [0.05, 0.1) is 11.6 Å². The second-order valence-electron chi connectivity index (χ2n) is 4.21. The monoisotopic (exact) mass is 263 g/mol. The molecule has 0 aliphatic rings. The van der Waals surface area contributed by atoms with Crippen LogP contribution in [0.3, 0.4) is 0 Å². The average Bonchev–Trinajstić information content (AvgIpc) is 2.74. The topological polar surface area (TPSA) is 103 Å². The van der Waals surface area contributed by atoms with E-state index < -0.39 is 23.1 Å². The summed E-state index contributed by atoms with van der Waals surface area (Å²) >= 11 is 0. The van der Waals surface area contributed by atoms with Gasteiger partial charge in [-0.05, 0) is 13.8 Å². The molecule has 0 aromatic carbocycles. The average molecular weight is 263 g/mol. The SMILES string of the molecule is CC(=O)c1c[nH]c(=O)n(C(C)c2nncn2C)c1=O. The van der Waals surface area contributed by atoms with E-state index in [1.54, 1.807) is 18.5 Å². The molecule has 1 unspecified atom stereocenters. The van der Waals surface area contributed by atoms with E-state index in [1.807, 2.05) is 0 Å². The Hall–Kier alpha value is -2.51. The van der Waals surface area contributed by atoms with Gasteiger partial charge in [0, 0.05) is 13.2 Å². The highest BCUT2D eigenvalue weighted by Gasteiger charge is 2.20. The normalized spacial score (nSPS) is 12.4. The zero-order valence-electron chi connectivity index (χ0n) is 10.7. The molecule has 0 bridgehead atoms. The molecule has 0 amide bonds. The van der Waals surface area contributed by atoms with Gasteiger partial charge >= 0.3 is 5.69 Å².